The molecule has 1 aromatic carbocycles. The largest absolute Gasteiger partial charge is 0.464 e. The number of hydrogen-bond donors (Lipinski definition) is 0. The second-order valence-corrected chi connectivity index (χ2v) is 7.21. The molecule has 9 heteroatoms. The van der Waals surface area contributed by atoms with Gasteiger partial charge in [-0.25, -0.2) is 9.78 Å². The van der Waals surface area contributed by atoms with Crippen molar-refractivity contribution in [3.8, 4) is 0 Å². The Morgan fingerprint density at radius 2 is 1.83 bits per heavy atom. The Morgan fingerprint density at radius 1 is 1.07 bits per heavy atom. The van der Waals surface area contributed by atoms with Gasteiger partial charge in [-0.1, -0.05) is 12.1 Å². The van der Waals surface area contributed by atoms with E-state index in [1.165, 1.54) is 7.11 Å². The predicted molar refractivity (Wildman–Crippen MR) is 104 cm³/mol. The van der Waals surface area contributed by atoms with E-state index in [9.17, 15) is 4.79 Å². The summed E-state index contributed by atoms with van der Waals surface area (Å²) in [6.07, 6.45) is 1.77. The molecule has 0 N–H and O–H groups in total. The summed E-state index contributed by atoms with van der Waals surface area (Å²) in [6, 6.07) is 11.5. The van der Waals surface area contributed by atoms with Gasteiger partial charge < -0.3 is 23.7 Å². The minimum atomic E-state index is -0.500. The molecule has 2 aliphatic rings. The minimum absolute atomic E-state index is 0.0446. The van der Waals surface area contributed by atoms with E-state index in [0.717, 1.165) is 11.0 Å². The molecule has 2 atom stereocenters. The molecule has 0 amide bonds. The van der Waals surface area contributed by atoms with Crippen molar-refractivity contribution in [1.82, 2.24) is 19.7 Å². The van der Waals surface area contributed by atoms with Crippen LogP contribution in [0.2, 0.25) is 0 Å². The number of anilines is 1. The second kappa shape index (κ2) is 7.41. The third-order valence-corrected chi connectivity index (χ3v) is 5.46. The molecule has 0 aliphatic carbocycles. The highest BCUT2D eigenvalue weighted by molar-refractivity contribution is 5.87. The Kier molecular flexibility index (Phi) is 4.61. The van der Waals surface area contributed by atoms with Gasteiger partial charge in [-0.05, 0) is 24.3 Å². The fourth-order valence-electron chi connectivity index (χ4n) is 3.91. The lowest BCUT2D eigenvalue weighted by Crippen LogP contribution is -2.27. The predicted octanol–water partition coefficient (Wildman–Crippen LogP) is 1.46. The Labute approximate surface area is 167 Å². The van der Waals surface area contributed by atoms with Crippen LogP contribution in [0.1, 0.15) is 16.5 Å². The number of benzene rings is 1. The first kappa shape index (κ1) is 18.0. The van der Waals surface area contributed by atoms with Crippen LogP contribution in [0, 0.1) is 0 Å². The molecular formula is C20H21N5O4. The van der Waals surface area contributed by atoms with Crippen LogP contribution in [0.25, 0.3) is 11.0 Å². The zero-order valence-electron chi connectivity index (χ0n) is 16.0. The van der Waals surface area contributed by atoms with Crippen molar-refractivity contribution < 1.29 is 19.0 Å². The monoisotopic (exact) mass is 395 g/mol. The van der Waals surface area contributed by atoms with E-state index in [-0.39, 0.29) is 23.9 Å². The molecule has 4 heterocycles. The number of esters is 1. The summed E-state index contributed by atoms with van der Waals surface area (Å²) in [5, 5.41) is 8.10. The van der Waals surface area contributed by atoms with Crippen LogP contribution in [0.5, 0.6) is 0 Å². The minimum Gasteiger partial charge on any atom is -0.464 e. The highest BCUT2D eigenvalue weighted by Gasteiger charge is 2.38. The van der Waals surface area contributed by atoms with Crippen LogP contribution in [0.3, 0.4) is 0 Å². The molecule has 2 aromatic heterocycles. The van der Waals surface area contributed by atoms with Crippen molar-refractivity contribution in [2.24, 2.45) is 0 Å². The van der Waals surface area contributed by atoms with Gasteiger partial charge in [0.2, 0.25) is 0 Å². The number of rotatable bonds is 3. The SMILES string of the molecule is COC(=O)c1ccc(N2C[C@@H]3OCC(n4cnc5ccccc54)CO[C@H]3C2)nn1. The molecule has 0 bridgehead atoms. The molecule has 150 valence electrons. The number of para-hydroxylation sites is 2. The third kappa shape index (κ3) is 3.32. The molecule has 0 radical (unpaired) electrons. The summed E-state index contributed by atoms with van der Waals surface area (Å²) in [6.45, 7) is 2.44. The number of nitrogens with zero attached hydrogens (tertiary/aromatic N) is 5. The van der Waals surface area contributed by atoms with E-state index in [1.807, 2.05) is 24.5 Å². The molecule has 29 heavy (non-hydrogen) atoms. The number of aromatic nitrogens is 4. The van der Waals surface area contributed by atoms with Crippen molar-refractivity contribution >= 4 is 22.8 Å². The lowest BCUT2D eigenvalue weighted by molar-refractivity contribution is -0.00461. The van der Waals surface area contributed by atoms with E-state index in [2.05, 4.69) is 35.5 Å². The Bertz CT molecular complexity index is 1010. The highest BCUT2D eigenvalue weighted by atomic mass is 16.6. The number of carbonyl (C=O) groups excluding carboxylic acids is 1. The summed E-state index contributed by atoms with van der Waals surface area (Å²) in [4.78, 5) is 18.0. The number of imidazole rings is 1. The molecule has 2 aliphatic heterocycles. The van der Waals surface area contributed by atoms with Crippen molar-refractivity contribution in [1.29, 1.82) is 0 Å². The van der Waals surface area contributed by atoms with Crippen molar-refractivity contribution in [2.45, 2.75) is 18.2 Å². The summed E-state index contributed by atoms with van der Waals surface area (Å²) in [5.74, 6) is 0.190. The zero-order valence-corrected chi connectivity index (χ0v) is 16.0. The maximum Gasteiger partial charge on any atom is 0.358 e. The number of hydrogen-bond acceptors (Lipinski definition) is 8. The van der Waals surface area contributed by atoms with Crippen molar-refractivity contribution in [3.63, 3.8) is 0 Å². The van der Waals surface area contributed by atoms with E-state index in [1.54, 1.807) is 12.1 Å². The molecule has 3 aromatic rings. The van der Waals surface area contributed by atoms with Gasteiger partial charge in [0.05, 0.1) is 43.7 Å². The summed E-state index contributed by atoms with van der Waals surface area (Å²) in [5.41, 5.74) is 2.24. The normalized spacial score (nSPS) is 22.4. The van der Waals surface area contributed by atoms with Gasteiger partial charge >= 0.3 is 5.97 Å². The fraction of sp³-hybridized carbons (Fsp3) is 0.400. The van der Waals surface area contributed by atoms with Gasteiger partial charge in [0.25, 0.3) is 0 Å². The van der Waals surface area contributed by atoms with Gasteiger partial charge in [0.15, 0.2) is 11.5 Å². The number of carbonyl (C=O) groups is 1. The topological polar surface area (TPSA) is 91.6 Å². The van der Waals surface area contributed by atoms with E-state index in [4.69, 9.17) is 9.47 Å². The maximum atomic E-state index is 11.5. The number of ether oxygens (including phenoxy) is 3. The molecule has 0 spiro atoms. The van der Waals surface area contributed by atoms with Crippen LogP contribution in [0.4, 0.5) is 5.82 Å². The Balaban J connectivity index is 1.26. The second-order valence-electron chi connectivity index (χ2n) is 7.21. The maximum absolute atomic E-state index is 11.5. The fourth-order valence-corrected chi connectivity index (χ4v) is 3.91. The van der Waals surface area contributed by atoms with E-state index in [0.29, 0.717) is 32.1 Å². The molecule has 0 saturated carbocycles. The molecule has 0 unspecified atom stereocenters. The third-order valence-electron chi connectivity index (χ3n) is 5.46. The zero-order chi connectivity index (χ0) is 19.8. The quantitative estimate of drug-likeness (QED) is 0.616. The van der Waals surface area contributed by atoms with E-state index >= 15 is 0 Å². The standard InChI is InChI=1S/C20H21N5O4/c1-27-20(26)15-6-7-19(23-22-15)24-8-17-18(9-24)29-11-13(10-28-17)25-12-21-14-4-2-3-5-16(14)25/h2-7,12-13,17-18H,8-11H2,1H3/t17-,18-/m0/s1. The Morgan fingerprint density at radius 3 is 2.52 bits per heavy atom. The lowest BCUT2D eigenvalue weighted by atomic mass is 10.2. The van der Waals surface area contributed by atoms with Gasteiger partial charge in [-0.3, -0.25) is 0 Å². The number of methoxy groups -OCH3 is 1. The first-order valence-electron chi connectivity index (χ1n) is 9.54. The summed E-state index contributed by atoms with van der Waals surface area (Å²) < 4.78 is 19.2. The van der Waals surface area contributed by atoms with Crippen molar-refractivity contribution in [3.05, 3.63) is 48.4 Å². The van der Waals surface area contributed by atoms with Crippen LogP contribution in [-0.4, -0.2) is 71.3 Å². The average molecular weight is 395 g/mol. The van der Waals surface area contributed by atoms with Crippen LogP contribution in [0.15, 0.2) is 42.7 Å². The van der Waals surface area contributed by atoms with Crippen molar-refractivity contribution in [2.75, 3.05) is 38.3 Å². The summed E-state index contributed by atoms with van der Waals surface area (Å²) in [7, 11) is 1.32. The van der Waals surface area contributed by atoms with Gasteiger partial charge in [0.1, 0.15) is 12.2 Å². The highest BCUT2D eigenvalue weighted by Crippen LogP contribution is 2.28. The average Bonchev–Trinajstić information content (AvgIpc) is 3.33. The smallest absolute Gasteiger partial charge is 0.358 e. The molecule has 9 nitrogen and oxygen atoms in total. The molecular weight excluding hydrogens is 374 g/mol. The van der Waals surface area contributed by atoms with Crippen LogP contribution < -0.4 is 4.90 Å². The molecule has 2 saturated heterocycles. The van der Waals surface area contributed by atoms with Gasteiger partial charge in [0, 0.05) is 13.1 Å². The van der Waals surface area contributed by atoms with Gasteiger partial charge in [-0.15, -0.1) is 10.2 Å². The summed E-state index contributed by atoms with van der Waals surface area (Å²) >= 11 is 0. The van der Waals surface area contributed by atoms with Crippen LogP contribution in [-0.2, 0) is 14.2 Å². The first-order chi connectivity index (χ1) is 14.2. The molecule has 2 fully saturated rings. The molecule has 5 rings (SSSR count). The Hall–Kier alpha value is -3.04. The van der Waals surface area contributed by atoms with E-state index < -0.39 is 5.97 Å². The van der Waals surface area contributed by atoms with Gasteiger partial charge in [-0.2, -0.15) is 0 Å². The van der Waals surface area contributed by atoms with Crippen LogP contribution >= 0.6 is 0 Å². The lowest BCUT2D eigenvalue weighted by Gasteiger charge is -2.20. The first-order valence-corrected chi connectivity index (χ1v) is 9.54. The number of fused-ring (bicyclic) bond motifs is 2.